The van der Waals surface area contributed by atoms with Gasteiger partial charge in [-0.1, -0.05) is 12.8 Å². The van der Waals surface area contributed by atoms with Crippen LogP contribution in [0.3, 0.4) is 0 Å². The van der Waals surface area contributed by atoms with Crippen molar-refractivity contribution in [3.63, 3.8) is 0 Å². The van der Waals surface area contributed by atoms with Crippen LogP contribution in [-0.2, 0) is 0 Å². The minimum Gasteiger partial charge on any atom is -0.504 e. The van der Waals surface area contributed by atoms with Crippen LogP contribution in [-0.4, -0.2) is 27.6 Å². The highest BCUT2D eigenvalue weighted by atomic mass is 19.1. The number of anilines is 1. The summed E-state index contributed by atoms with van der Waals surface area (Å²) in [6.45, 7) is 0. The maximum absolute atomic E-state index is 13.8. The Labute approximate surface area is 145 Å². The molecular weight excluding hydrogens is 321 g/mol. The van der Waals surface area contributed by atoms with Gasteiger partial charge in [0.25, 0.3) is 0 Å². The quantitative estimate of drug-likeness (QED) is 0.746. The summed E-state index contributed by atoms with van der Waals surface area (Å²) >= 11 is 0. The Balaban J connectivity index is 1.85. The van der Waals surface area contributed by atoms with Crippen molar-refractivity contribution in [2.45, 2.75) is 31.7 Å². The molecule has 0 amide bonds. The summed E-state index contributed by atoms with van der Waals surface area (Å²) in [6.07, 6.45) is 6.01. The number of methoxy groups -OCH3 is 1. The van der Waals surface area contributed by atoms with Crippen LogP contribution in [0.15, 0.2) is 36.5 Å². The van der Waals surface area contributed by atoms with E-state index in [1.165, 1.54) is 32.2 Å². The number of pyridine rings is 1. The highest BCUT2D eigenvalue weighted by molar-refractivity contribution is 5.78. The number of nitrogens with zero attached hydrogens (tertiary/aromatic N) is 2. The molecule has 1 aliphatic rings. The smallest absolute Gasteiger partial charge is 0.160 e. The van der Waals surface area contributed by atoms with Crippen LogP contribution < -0.4 is 10.1 Å². The number of hydrogen-bond acceptors (Lipinski definition) is 4. The lowest BCUT2D eigenvalue weighted by Crippen LogP contribution is -2.16. The Morgan fingerprint density at radius 1 is 1.24 bits per heavy atom. The minimum atomic E-state index is -0.316. The van der Waals surface area contributed by atoms with Crippen molar-refractivity contribution in [2.75, 3.05) is 12.4 Å². The fraction of sp³-hybridized carbons (Fsp3) is 0.316. The predicted molar refractivity (Wildman–Crippen MR) is 94.7 cm³/mol. The van der Waals surface area contributed by atoms with E-state index in [9.17, 15) is 9.50 Å². The molecule has 2 aromatic heterocycles. The van der Waals surface area contributed by atoms with Gasteiger partial charge in [0, 0.05) is 17.8 Å². The molecule has 1 saturated carbocycles. The third-order valence-corrected chi connectivity index (χ3v) is 4.73. The second kappa shape index (κ2) is 6.27. The number of nitrogens with one attached hydrogen (secondary N) is 1. The van der Waals surface area contributed by atoms with Crippen LogP contribution in [0.2, 0.25) is 0 Å². The van der Waals surface area contributed by atoms with E-state index in [0.29, 0.717) is 23.1 Å². The van der Waals surface area contributed by atoms with Gasteiger partial charge in [0.05, 0.1) is 7.11 Å². The van der Waals surface area contributed by atoms with Gasteiger partial charge in [-0.05, 0) is 43.2 Å². The molecule has 0 saturated heterocycles. The van der Waals surface area contributed by atoms with E-state index in [2.05, 4.69) is 10.3 Å². The number of halogens is 1. The maximum Gasteiger partial charge on any atom is 0.160 e. The van der Waals surface area contributed by atoms with E-state index in [4.69, 9.17) is 4.74 Å². The fourth-order valence-corrected chi connectivity index (χ4v) is 3.46. The van der Waals surface area contributed by atoms with Gasteiger partial charge in [-0.25, -0.2) is 9.37 Å². The monoisotopic (exact) mass is 341 g/mol. The summed E-state index contributed by atoms with van der Waals surface area (Å²) in [4.78, 5) is 4.64. The molecule has 0 atom stereocenters. The summed E-state index contributed by atoms with van der Waals surface area (Å²) in [7, 11) is 1.51. The molecule has 6 heteroatoms. The Bertz CT molecular complexity index is 916. The Morgan fingerprint density at radius 2 is 2.04 bits per heavy atom. The summed E-state index contributed by atoms with van der Waals surface area (Å²) in [5.74, 6) is 0.897. The average Bonchev–Trinajstić information content (AvgIpc) is 3.23. The van der Waals surface area contributed by atoms with Gasteiger partial charge in [0.1, 0.15) is 23.0 Å². The van der Waals surface area contributed by atoms with Gasteiger partial charge in [-0.3, -0.25) is 4.40 Å². The molecule has 130 valence electrons. The first-order chi connectivity index (χ1) is 12.2. The summed E-state index contributed by atoms with van der Waals surface area (Å²) in [5, 5.41) is 13.6. The molecule has 0 spiro atoms. The number of aromatic hydroxyl groups is 1. The third kappa shape index (κ3) is 2.88. The van der Waals surface area contributed by atoms with Gasteiger partial charge in [0.15, 0.2) is 11.5 Å². The van der Waals surface area contributed by atoms with Crippen LogP contribution in [0.5, 0.6) is 11.5 Å². The maximum atomic E-state index is 13.8. The predicted octanol–water partition coefficient (Wildman–Crippen LogP) is 4.21. The zero-order valence-electron chi connectivity index (χ0n) is 14.0. The van der Waals surface area contributed by atoms with Gasteiger partial charge >= 0.3 is 0 Å². The highest BCUT2D eigenvalue weighted by Gasteiger charge is 2.21. The van der Waals surface area contributed by atoms with Crippen molar-refractivity contribution in [3.05, 3.63) is 42.3 Å². The SMILES string of the molecule is COc1ccc(-c2nc3ccc(F)cn3c2NC2CCCC2)cc1O. The molecule has 2 N–H and O–H groups in total. The number of rotatable bonds is 4. The van der Waals surface area contributed by atoms with Crippen molar-refractivity contribution in [1.29, 1.82) is 0 Å². The molecule has 0 bridgehead atoms. The van der Waals surface area contributed by atoms with Crippen molar-refractivity contribution in [3.8, 4) is 22.8 Å². The molecule has 1 aromatic carbocycles. The Hall–Kier alpha value is -2.76. The largest absolute Gasteiger partial charge is 0.504 e. The number of imidazole rings is 1. The molecule has 2 heterocycles. The number of benzene rings is 1. The molecule has 0 aliphatic heterocycles. The average molecular weight is 341 g/mol. The van der Waals surface area contributed by atoms with Crippen LogP contribution in [0, 0.1) is 5.82 Å². The molecule has 5 nitrogen and oxygen atoms in total. The number of phenolic OH excluding ortho intramolecular Hbond substituents is 1. The van der Waals surface area contributed by atoms with E-state index in [0.717, 1.165) is 24.2 Å². The zero-order valence-corrected chi connectivity index (χ0v) is 14.0. The first-order valence-corrected chi connectivity index (χ1v) is 8.47. The van der Waals surface area contributed by atoms with E-state index < -0.39 is 0 Å². The van der Waals surface area contributed by atoms with Crippen LogP contribution in [0.25, 0.3) is 16.9 Å². The number of phenols is 1. The zero-order chi connectivity index (χ0) is 17.4. The normalized spacial score (nSPS) is 15.0. The first kappa shape index (κ1) is 15.7. The first-order valence-electron chi connectivity index (χ1n) is 8.47. The fourth-order valence-electron chi connectivity index (χ4n) is 3.46. The van der Waals surface area contributed by atoms with Gasteiger partial charge in [-0.2, -0.15) is 0 Å². The standard InChI is InChI=1S/C19H20FN3O2/c1-25-16-8-6-12(10-15(16)24)18-19(21-14-4-2-3-5-14)23-11-13(20)7-9-17(23)22-18/h6-11,14,21,24H,2-5H2,1H3. The summed E-state index contributed by atoms with van der Waals surface area (Å²) < 4.78 is 20.6. The molecular formula is C19H20FN3O2. The van der Waals surface area contributed by atoms with Crippen LogP contribution in [0.1, 0.15) is 25.7 Å². The molecule has 0 unspecified atom stereocenters. The van der Waals surface area contributed by atoms with Crippen molar-refractivity contribution in [1.82, 2.24) is 9.38 Å². The Kier molecular flexibility index (Phi) is 3.95. The second-order valence-electron chi connectivity index (χ2n) is 6.40. The molecule has 4 rings (SSSR count). The van der Waals surface area contributed by atoms with Crippen LogP contribution in [0.4, 0.5) is 10.2 Å². The van der Waals surface area contributed by atoms with E-state index in [1.807, 2.05) is 6.07 Å². The van der Waals surface area contributed by atoms with Gasteiger partial charge in [-0.15, -0.1) is 0 Å². The molecule has 1 fully saturated rings. The van der Waals surface area contributed by atoms with Gasteiger partial charge < -0.3 is 15.2 Å². The molecule has 0 radical (unpaired) electrons. The molecule has 1 aliphatic carbocycles. The second-order valence-corrected chi connectivity index (χ2v) is 6.40. The number of ether oxygens (including phenoxy) is 1. The van der Waals surface area contributed by atoms with Crippen molar-refractivity contribution >= 4 is 11.5 Å². The molecule has 3 aromatic rings. The lowest BCUT2D eigenvalue weighted by atomic mass is 10.1. The highest BCUT2D eigenvalue weighted by Crippen LogP contribution is 2.36. The lowest BCUT2D eigenvalue weighted by molar-refractivity contribution is 0.373. The third-order valence-electron chi connectivity index (χ3n) is 4.73. The Morgan fingerprint density at radius 3 is 2.76 bits per heavy atom. The topological polar surface area (TPSA) is 58.8 Å². The van der Waals surface area contributed by atoms with Crippen molar-refractivity contribution < 1.29 is 14.2 Å². The lowest BCUT2D eigenvalue weighted by Gasteiger charge is -2.15. The van der Waals surface area contributed by atoms with Crippen molar-refractivity contribution in [2.24, 2.45) is 0 Å². The van der Waals surface area contributed by atoms with E-state index in [1.54, 1.807) is 22.6 Å². The summed E-state index contributed by atoms with van der Waals surface area (Å²) in [5.41, 5.74) is 2.10. The number of aromatic nitrogens is 2. The van der Waals surface area contributed by atoms with Crippen LogP contribution >= 0.6 is 0 Å². The van der Waals surface area contributed by atoms with Gasteiger partial charge in [0.2, 0.25) is 0 Å². The molecule has 25 heavy (non-hydrogen) atoms. The number of fused-ring (bicyclic) bond motifs is 1. The minimum absolute atomic E-state index is 0.0510. The summed E-state index contributed by atoms with van der Waals surface area (Å²) in [6, 6.07) is 8.58. The number of hydrogen-bond donors (Lipinski definition) is 2. The van der Waals surface area contributed by atoms with E-state index in [-0.39, 0.29) is 11.6 Å². The van der Waals surface area contributed by atoms with E-state index >= 15 is 0 Å².